The number of ether oxygens (including phenoxy) is 3. The molecule has 0 bridgehead atoms. The van der Waals surface area contributed by atoms with Crippen LogP contribution >= 0.6 is 0 Å². The van der Waals surface area contributed by atoms with Gasteiger partial charge in [-0.15, -0.1) is 0 Å². The third-order valence-corrected chi connectivity index (χ3v) is 4.75. The summed E-state index contributed by atoms with van der Waals surface area (Å²) in [5, 5.41) is 2.63. The number of nitrogens with one attached hydrogen (secondary N) is 1. The Morgan fingerprint density at radius 3 is 2.10 bits per heavy atom. The van der Waals surface area contributed by atoms with Crippen molar-refractivity contribution in [3.8, 4) is 5.75 Å². The van der Waals surface area contributed by atoms with Gasteiger partial charge in [0.1, 0.15) is 5.75 Å². The van der Waals surface area contributed by atoms with Gasteiger partial charge in [0.2, 0.25) is 0 Å². The molecule has 29 heavy (non-hydrogen) atoms. The van der Waals surface area contributed by atoms with Gasteiger partial charge in [-0.3, -0.25) is 4.79 Å². The van der Waals surface area contributed by atoms with Crippen molar-refractivity contribution in [2.24, 2.45) is 0 Å². The summed E-state index contributed by atoms with van der Waals surface area (Å²) in [4.78, 5) is 36.0. The highest BCUT2D eigenvalue weighted by molar-refractivity contribution is 5.99. The summed E-state index contributed by atoms with van der Waals surface area (Å²) in [7, 11) is 2.47. The molecule has 0 atom stereocenters. The Bertz CT molecular complexity index is 903. The summed E-state index contributed by atoms with van der Waals surface area (Å²) >= 11 is 0. The first kappa shape index (κ1) is 20.4. The molecule has 1 aliphatic carbocycles. The van der Waals surface area contributed by atoms with E-state index in [4.69, 9.17) is 4.74 Å². The fraction of sp³-hybridized carbons (Fsp3) is 0.318. The van der Waals surface area contributed by atoms with Gasteiger partial charge in [0.25, 0.3) is 5.91 Å². The van der Waals surface area contributed by atoms with Gasteiger partial charge < -0.3 is 19.5 Å². The molecule has 1 aliphatic rings. The molecule has 2 aromatic carbocycles. The van der Waals surface area contributed by atoms with Crippen LogP contribution in [0, 0.1) is 0 Å². The molecule has 1 amide bonds. The summed E-state index contributed by atoms with van der Waals surface area (Å²) in [6.07, 6.45) is 4.47. The van der Waals surface area contributed by atoms with Gasteiger partial charge in [-0.2, -0.15) is 0 Å². The zero-order valence-electron chi connectivity index (χ0n) is 16.4. The first-order chi connectivity index (χ1) is 14.0. The molecule has 0 radical (unpaired) electrons. The van der Waals surface area contributed by atoms with Gasteiger partial charge in [0.05, 0.1) is 25.3 Å². The van der Waals surface area contributed by atoms with Gasteiger partial charge in [-0.25, -0.2) is 9.59 Å². The van der Waals surface area contributed by atoms with Crippen molar-refractivity contribution in [3.05, 3.63) is 58.7 Å². The van der Waals surface area contributed by atoms with Crippen LogP contribution in [0.5, 0.6) is 5.75 Å². The highest BCUT2D eigenvalue weighted by Crippen LogP contribution is 2.25. The van der Waals surface area contributed by atoms with Gasteiger partial charge >= 0.3 is 11.9 Å². The molecule has 0 fully saturated rings. The van der Waals surface area contributed by atoms with E-state index in [1.807, 2.05) is 18.2 Å². The van der Waals surface area contributed by atoms with Crippen LogP contribution in [0.1, 0.15) is 44.7 Å². The van der Waals surface area contributed by atoms with Crippen molar-refractivity contribution < 1.29 is 28.6 Å². The third-order valence-electron chi connectivity index (χ3n) is 4.75. The molecule has 1 N–H and O–H groups in total. The molecule has 0 heterocycles. The minimum atomic E-state index is -0.628. The number of amides is 1. The first-order valence-corrected chi connectivity index (χ1v) is 9.36. The minimum absolute atomic E-state index is 0.126. The summed E-state index contributed by atoms with van der Waals surface area (Å²) in [6.45, 7) is -0.200. The molecule has 3 rings (SSSR count). The molecule has 0 unspecified atom stereocenters. The van der Waals surface area contributed by atoms with E-state index < -0.39 is 17.8 Å². The summed E-state index contributed by atoms with van der Waals surface area (Å²) in [5.74, 6) is -1.03. The number of hydrogen-bond donors (Lipinski definition) is 1. The topological polar surface area (TPSA) is 90.9 Å². The molecule has 2 aromatic rings. The second-order valence-electron chi connectivity index (χ2n) is 6.76. The van der Waals surface area contributed by atoms with Gasteiger partial charge in [-0.05, 0) is 67.1 Å². The zero-order valence-corrected chi connectivity index (χ0v) is 16.4. The van der Waals surface area contributed by atoms with Crippen molar-refractivity contribution in [2.45, 2.75) is 25.7 Å². The minimum Gasteiger partial charge on any atom is -0.484 e. The van der Waals surface area contributed by atoms with Crippen molar-refractivity contribution >= 4 is 23.5 Å². The number of anilines is 1. The van der Waals surface area contributed by atoms with Gasteiger partial charge in [-0.1, -0.05) is 6.07 Å². The highest BCUT2D eigenvalue weighted by atomic mass is 16.5. The number of benzene rings is 2. The highest BCUT2D eigenvalue weighted by Gasteiger charge is 2.15. The van der Waals surface area contributed by atoms with Gasteiger partial charge in [0.15, 0.2) is 6.61 Å². The van der Waals surface area contributed by atoms with Crippen molar-refractivity contribution in [1.82, 2.24) is 0 Å². The average molecular weight is 397 g/mol. The third kappa shape index (κ3) is 5.13. The van der Waals surface area contributed by atoms with E-state index in [0.717, 1.165) is 19.3 Å². The standard InChI is InChI=1S/C22H23NO6/c1-27-21(25)16-9-17(22(26)28-2)11-18(10-16)23-20(24)13-29-19-8-7-14-5-3-4-6-15(14)12-19/h7-12H,3-6,13H2,1-2H3,(H,23,24). The summed E-state index contributed by atoms with van der Waals surface area (Å²) in [5.41, 5.74) is 3.13. The Morgan fingerprint density at radius 1 is 0.862 bits per heavy atom. The van der Waals surface area contributed by atoms with Crippen LogP contribution in [0.25, 0.3) is 0 Å². The van der Waals surface area contributed by atoms with Crippen LogP contribution in [-0.4, -0.2) is 38.7 Å². The van der Waals surface area contributed by atoms with Crippen LogP contribution in [0.2, 0.25) is 0 Å². The Balaban J connectivity index is 1.68. The van der Waals surface area contributed by atoms with E-state index in [2.05, 4.69) is 14.8 Å². The SMILES string of the molecule is COC(=O)c1cc(NC(=O)COc2ccc3c(c2)CCCC3)cc(C(=O)OC)c1. The molecule has 7 nitrogen and oxygen atoms in total. The maximum absolute atomic E-state index is 12.3. The van der Waals surface area contributed by atoms with Crippen LogP contribution in [0.3, 0.4) is 0 Å². The zero-order chi connectivity index (χ0) is 20.8. The number of aryl methyl sites for hydroxylation is 2. The van der Waals surface area contributed by atoms with E-state index >= 15 is 0 Å². The monoisotopic (exact) mass is 397 g/mol. The molecule has 7 heteroatoms. The van der Waals surface area contributed by atoms with Crippen molar-refractivity contribution in [1.29, 1.82) is 0 Å². The van der Waals surface area contributed by atoms with Crippen LogP contribution in [0.4, 0.5) is 5.69 Å². The molecule has 0 aromatic heterocycles. The van der Waals surface area contributed by atoms with Gasteiger partial charge in [0, 0.05) is 5.69 Å². The maximum Gasteiger partial charge on any atom is 0.337 e. The Labute approximate surface area is 169 Å². The number of fused-ring (bicyclic) bond motifs is 1. The molecule has 0 saturated heterocycles. The molecular weight excluding hydrogens is 374 g/mol. The molecular formula is C22H23NO6. The van der Waals surface area contributed by atoms with E-state index in [1.54, 1.807) is 0 Å². The molecule has 0 aliphatic heterocycles. The lowest BCUT2D eigenvalue weighted by atomic mass is 9.92. The fourth-order valence-corrected chi connectivity index (χ4v) is 3.32. The largest absolute Gasteiger partial charge is 0.484 e. The first-order valence-electron chi connectivity index (χ1n) is 9.36. The maximum atomic E-state index is 12.3. The van der Waals surface area contributed by atoms with E-state index in [9.17, 15) is 14.4 Å². The summed E-state index contributed by atoms with van der Waals surface area (Å²) < 4.78 is 15.0. The van der Waals surface area contributed by atoms with Crippen molar-refractivity contribution in [3.63, 3.8) is 0 Å². The predicted molar refractivity (Wildman–Crippen MR) is 106 cm³/mol. The number of rotatable bonds is 6. The number of carbonyl (C=O) groups excluding carboxylic acids is 3. The normalized spacial score (nSPS) is 12.5. The lowest BCUT2D eigenvalue weighted by molar-refractivity contribution is -0.118. The van der Waals surface area contributed by atoms with Crippen LogP contribution in [-0.2, 0) is 27.1 Å². The summed E-state index contributed by atoms with van der Waals surface area (Å²) in [6, 6.07) is 10.1. The lowest BCUT2D eigenvalue weighted by Crippen LogP contribution is -2.21. The Hall–Kier alpha value is -3.35. The second kappa shape index (κ2) is 9.23. The van der Waals surface area contributed by atoms with E-state index in [0.29, 0.717) is 5.75 Å². The Kier molecular flexibility index (Phi) is 6.49. The number of methoxy groups -OCH3 is 2. The number of hydrogen-bond acceptors (Lipinski definition) is 6. The van der Waals surface area contributed by atoms with E-state index in [1.165, 1.54) is 50.0 Å². The number of carbonyl (C=O) groups is 3. The average Bonchev–Trinajstić information content (AvgIpc) is 2.76. The molecule has 0 saturated carbocycles. The van der Waals surface area contributed by atoms with Crippen molar-refractivity contribution in [2.75, 3.05) is 26.1 Å². The Morgan fingerprint density at radius 2 is 1.48 bits per heavy atom. The quantitative estimate of drug-likeness (QED) is 0.753. The number of esters is 2. The predicted octanol–water partition coefficient (Wildman–Crippen LogP) is 3.16. The molecule has 152 valence electrons. The van der Waals surface area contributed by atoms with Crippen LogP contribution in [0.15, 0.2) is 36.4 Å². The fourth-order valence-electron chi connectivity index (χ4n) is 3.32. The van der Waals surface area contributed by atoms with Crippen LogP contribution < -0.4 is 10.1 Å². The lowest BCUT2D eigenvalue weighted by Gasteiger charge is -2.16. The second-order valence-corrected chi connectivity index (χ2v) is 6.76. The molecule has 0 spiro atoms. The smallest absolute Gasteiger partial charge is 0.337 e. The van der Waals surface area contributed by atoms with E-state index in [-0.39, 0.29) is 23.4 Å².